The topological polar surface area (TPSA) is 59.7 Å². The lowest BCUT2D eigenvalue weighted by molar-refractivity contribution is 1.13. The summed E-state index contributed by atoms with van der Waals surface area (Å²) < 4.78 is 0. The zero-order chi connectivity index (χ0) is 10.4. The highest BCUT2D eigenvalue weighted by atomic mass is 35.5. The molecule has 0 spiro atoms. The van der Waals surface area contributed by atoms with Crippen LogP contribution < -0.4 is 5.32 Å². The Bertz CT molecular complexity index is 303. The zero-order valence-electron chi connectivity index (χ0n) is 6.82. The van der Waals surface area contributed by atoms with Crippen LogP contribution in [0.2, 0.25) is 0 Å². The van der Waals surface area contributed by atoms with E-state index in [1.807, 2.05) is 0 Å². The van der Waals surface area contributed by atoms with E-state index in [1.165, 1.54) is 11.8 Å². The summed E-state index contributed by atoms with van der Waals surface area (Å²) in [5, 5.41) is 18.4. The van der Waals surface area contributed by atoms with E-state index in [9.17, 15) is 0 Å². The fourth-order valence-electron chi connectivity index (χ4n) is 0.430. The van der Waals surface area contributed by atoms with Crippen molar-refractivity contribution in [2.24, 2.45) is 0 Å². The average Bonchev–Trinajstić information content (AvgIpc) is 2.04. The normalized spacial score (nSPS) is 11.2. The molecule has 3 nitrogen and oxygen atoms in total. The molecule has 0 aliphatic rings. The van der Waals surface area contributed by atoms with Gasteiger partial charge in [-0.15, -0.1) is 11.8 Å². The lowest BCUT2D eigenvalue weighted by Gasteiger charge is -2.05. The minimum absolute atomic E-state index is 0.0156. The van der Waals surface area contributed by atoms with Gasteiger partial charge in [0.25, 0.3) is 0 Å². The predicted octanol–water partition coefficient (Wildman–Crippen LogP) is 2.60. The summed E-state index contributed by atoms with van der Waals surface area (Å²) in [6.45, 7) is 3.60. The molecule has 0 unspecified atom stereocenters. The highest BCUT2D eigenvalue weighted by Crippen LogP contribution is 2.14. The Balaban J connectivity index is 4.70. The highest BCUT2D eigenvalue weighted by molar-refractivity contribution is 8.02. The van der Waals surface area contributed by atoms with Gasteiger partial charge < -0.3 is 5.32 Å². The van der Waals surface area contributed by atoms with E-state index in [1.54, 1.807) is 12.3 Å². The number of nitrogens with one attached hydrogen (secondary N) is 2. The maximum atomic E-state index is 8.56. The minimum Gasteiger partial charge on any atom is -0.340 e. The summed E-state index contributed by atoms with van der Waals surface area (Å²) in [5.41, 5.74) is -0.0986. The molecule has 13 heavy (non-hydrogen) atoms. The van der Waals surface area contributed by atoms with E-state index in [0.29, 0.717) is 5.03 Å². The smallest absolute Gasteiger partial charge is 0.141 e. The van der Waals surface area contributed by atoms with Crippen LogP contribution in [-0.2, 0) is 0 Å². The molecular formula is C7H7Cl2N3S. The Morgan fingerprint density at radius 2 is 2.15 bits per heavy atom. The summed E-state index contributed by atoms with van der Waals surface area (Å²) in [4.78, 5) is 0. The van der Waals surface area contributed by atoms with Crippen LogP contribution in [0.1, 0.15) is 0 Å². The summed E-state index contributed by atoms with van der Waals surface area (Å²) in [7, 11) is 0. The van der Waals surface area contributed by atoms with E-state index in [2.05, 4.69) is 11.9 Å². The fourth-order valence-corrected chi connectivity index (χ4v) is 1.13. The molecule has 2 N–H and O–H groups in total. The number of allylic oxidation sites excluding steroid dienone is 1. The zero-order valence-corrected chi connectivity index (χ0v) is 9.15. The first-order valence-electron chi connectivity index (χ1n) is 3.07. The van der Waals surface area contributed by atoms with Crippen LogP contribution in [-0.4, -0.2) is 11.4 Å². The summed E-state index contributed by atoms with van der Waals surface area (Å²) in [6, 6.07) is 1.71. The SMILES string of the molecule is C=C(NC(Cl)=C(C#N)C(=N)Cl)SC. The number of nitriles is 1. The van der Waals surface area contributed by atoms with Gasteiger partial charge >= 0.3 is 0 Å². The van der Waals surface area contributed by atoms with Crippen LogP contribution in [0, 0.1) is 16.7 Å². The molecule has 0 saturated heterocycles. The average molecular weight is 236 g/mol. The Hall–Kier alpha value is -0.630. The third-order valence-corrected chi connectivity index (χ3v) is 2.11. The molecule has 0 rings (SSSR count). The third-order valence-electron chi connectivity index (χ3n) is 1.05. The monoisotopic (exact) mass is 235 g/mol. The molecular weight excluding hydrogens is 229 g/mol. The van der Waals surface area contributed by atoms with Crippen LogP contribution in [0.3, 0.4) is 0 Å². The van der Waals surface area contributed by atoms with E-state index in [0.717, 1.165) is 0 Å². The lowest BCUT2D eigenvalue weighted by Crippen LogP contribution is -2.09. The first-order chi connectivity index (χ1) is 6.02. The molecule has 0 aromatic rings. The van der Waals surface area contributed by atoms with Gasteiger partial charge in [0.1, 0.15) is 22.0 Å². The van der Waals surface area contributed by atoms with Gasteiger partial charge in [-0.05, 0) is 6.26 Å². The summed E-state index contributed by atoms with van der Waals surface area (Å²) in [5.74, 6) is 0. The standard InChI is InChI=1S/C7H7Cl2N3S/c1-4(13-2)12-7(9)5(3-10)6(8)11/h11-12H,1H2,2H3. The van der Waals surface area contributed by atoms with Crippen molar-refractivity contribution in [2.75, 3.05) is 6.26 Å². The van der Waals surface area contributed by atoms with Crippen molar-refractivity contribution in [3.05, 3.63) is 22.3 Å². The van der Waals surface area contributed by atoms with Gasteiger partial charge in [-0.2, -0.15) is 5.26 Å². The van der Waals surface area contributed by atoms with Crippen molar-refractivity contribution >= 4 is 40.1 Å². The largest absolute Gasteiger partial charge is 0.340 e. The molecule has 0 aromatic heterocycles. The number of nitrogens with zero attached hydrogens (tertiary/aromatic N) is 1. The predicted molar refractivity (Wildman–Crippen MR) is 57.9 cm³/mol. The minimum atomic E-state index is -0.395. The molecule has 0 amide bonds. The quantitative estimate of drug-likeness (QED) is 0.448. The molecule has 6 heteroatoms. The highest BCUT2D eigenvalue weighted by Gasteiger charge is 2.08. The first kappa shape index (κ1) is 12.4. The number of hydrogen-bond acceptors (Lipinski definition) is 4. The number of thioether (sulfide) groups is 1. The van der Waals surface area contributed by atoms with Crippen LogP contribution in [0.5, 0.6) is 0 Å². The molecule has 0 bridgehead atoms. The van der Waals surface area contributed by atoms with Gasteiger partial charge in [0.05, 0.1) is 5.03 Å². The number of rotatable bonds is 4. The number of halogens is 2. The van der Waals surface area contributed by atoms with Crippen molar-refractivity contribution in [1.82, 2.24) is 5.32 Å². The number of hydrogen-bond donors (Lipinski definition) is 2. The molecule has 0 fully saturated rings. The van der Waals surface area contributed by atoms with Gasteiger partial charge in [0.2, 0.25) is 0 Å². The first-order valence-corrected chi connectivity index (χ1v) is 5.05. The van der Waals surface area contributed by atoms with Crippen LogP contribution in [0.15, 0.2) is 22.3 Å². The Labute approximate surface area is 90.9 Å². The Morgan fingerprint density at radius 3 is 2.46 bits per heavy atom. The van der Waals surface area contributed by atoms with Crippen molar-refractivity contribution in [2.45, 2.75) is 0 Å². The molecule has 0 aromatic carbocycles. The molecule has 0 radical (unpaired) electrons. The van der Waals surface area contributed by atoms with Gasteiger partial charge in [-0.1, -0.05) is 29.8 Å². The maximum absolute atomic E-state index is 8.56. The fraction of sp³-hybridized carbons (Fsp3) is 0.143. The van der Waals surface area contributed by atoms with Gasteiger partial charge in [0.15, 0.2) is 0 Å². The molecule has 70 valence electrons. The third kappa shape index (κ3) is 4.23. The second kappa shape index (κ2) is 5.92. The van der Waals surface area contributed by atoms with E-state index in [-0.39, 0.29) is 10.7 Å². The van der Waals surface area contributed by atoms with Crippen molar-refractivity contribution in [3.8, 4) is 6.07 Å². The van der Waals surface area contributed by atoms with E-state index >= 15 is 0 Å². The van der Waals surface area contributed by atoms with E-state index in [4.69, 9.17) is 33.9 Å². The second-order valence-corrected chi connectivity index (χ2v) is 3.52. The van der Waals surface area contributed by atoms with Crippen LogP contribution >= 0.6 is 35.0 Å². The van der Waals surface area contributed by atoms with Gasteiger partial charge in [0, 0.05) is 0 Å². The molecule has 0 atom stereocenters. The van der Waals surface area contributed by atoms with Crippen LogP contribution in [0.25, 0.3) is 0 Å². The van der Waals surface area contributed by atoms with Crippen LogP contribution in [0.4, 0.5) is 0 Å². The Morgan fingerprint density at radius 1 is 1.62 bits per heavy atom. The molecule has 0 heterocycles. The maximum Gasteiger partial charge on any atom is 0.141 e. The van der Waals surface area contributed by atoms with Gasteiger partial charge in [-0.25, -0.2) is 0 Å². The second-order valence-electron chi connectivity index (χ2n) is 1.87. The van der Waals surface area contributed by atoms with E-state index < -0.39 is 5.17 Å². The lowest BCUT2D eigenvalue weighted by atomic mass is 10.3. The molecule has 0 saturated carbocycles. The van der Waals surface area contributed by atoms with Crippen molar-refractivity contribution in [1.29, 1.82) is 10.7 Å². The molecule has 0 aliphatic heterocycles. The van der Waals surface area contributed by atoms with Crippen molar-refractivity contribution < 1.29 is 0 Å². The van der Waals surface area contributed by atoms with Gasteiger partial charge in [-0.3, -0.25) is 5.41 Å². The summed E-state index contributed by atoms with van der Waals surface area (Å²) in [6.07, 6.45) is 1.80. The summed E-state index contributed by atoms with van der Waals surface area (Å²) >= 11 is 12.3. The molecule has 0 aliphatic carbocycles. The Kier molecular flexibility index (Phi) is 5.63. The van der Waals surface area contributed by atoms with Crippen molar-refractivity contribution in [3.63, 3.8) is 0 Å².